The molecule has 5 heteroatoms. The number of hydrogen-bond donors (Lipinski definition) is 2. The van der Waals surface area contributed by atoms with Gasteiger partial charge in [-0.15, -0.1) is 0 Å². The lowest BCUT2D eigenvalue weighted by atomic mass is 9.86. The predicted octanol–water partition coefficient (Wildman–Crippen LogP) is -0.344. The van der Waals surface area contributed by atoms with Crippen LogP contribution in [0.15, 0.2) is 0 Å². The van der Waals surface area contributed by atoms with E-state index in [9.17, 15) is 8.42 Å². The molecule has 2 heterocycles. The van der Waals surface area contributed by atoms with Crippen molar-refractivity contribution in [3.63, 3.8) is 0 Å². The zero-order chi connectivity index (χ0) is 10.5. The van der Waals surface area contributed by atoms with Crippen molar-refractivity contribution in [3.05, 3.63) is 0 Å². The maximum atomic E-state index is 11.5. The summed E-state index contributed by atoms with van der Waals surface area (Å²) in [7, 11) is -2.80. The van der Waals surface area contributed by atoms with Crippen LogP contribution in [0.25, 0.3) is 0 Å². The molecule has 0 aromatic heterocycles. The second-order valence-corrected chi connectivity index (χ2v) is 7.27. The summed E-state index contributed by atoms with van der Waals surface area (Å²) in [6.07, 6.45) is 4.95. The molecule has 0 spiro atoms. The van der Waals surface area contributed by atoms with E-state index >= 15 is 0 Å². The van der Waals surface area contributed by atoms with Crippen LogP contribution in [0, 0.1) is 0 Å². The monoisotopic (exact) mass is 230 g/mol. The number of fused-ring (bicyclic) bond motifs is 2. The quantitative estimate of drug-likeness (QED) is 0.597. The molecule has 2 aliphatic heterocycles. The Hall–Kier alpha value is -0.130. The molecule has 15 heavy (non-hydrogen) atoms. The second-order valence-electron chi connectivity index (χ2n) is 5.12. The Morgan fingerprint density at radius 2 is 1.27 bits per heavy atom. The molecule has 0 bridgehead atoms. The van der Waals surface area contributed by atoms with Gasteiger partial charge >= 0.3 is 0 Å². The van der Waals surface area contributed by atoms with Crippen molar-refractivity contribution in [1.82, 2.24) is 10.6 Å². The molecule has 0 radical (unpaired) electrons. The number of sulfone groups is 1. The molecule has 3 rings (SSSR count). The number of nitrogens with one attached hydrogen (secondary N) is 2. The van der Waals surface area contributed by atoms with Crippen molar-refractivity contribution in [2.75, 3.05) is 11.5 Å². The fourth-order valence-corrected chi connectivity index (χ4v) is 5.14. The van der Waals surface area contributed by atoms with Gasteiger partial charge < -0.3 is 10.6 Å². The molecule has 1 aliphatic carbocycles. The van der Waals surface area contributed by atoms with E-state index in [0.717, 1.165) is 0 Å². The van der Waals surface area contributed by atoms with Crippen molar-refractivity contribution >= 4 is 9.84 Å². The average molecular weight is 230 g/mol. The Morgan fingerprint density at radius 1 is 0.800 bits per heavy atom. The lowest BCUT2D eigenvalue weighted by Crippen LogP contribution is -2.66. The van der Waals surface area contributed by atoms with E-state index in [1.165, 1.54) is 25.7 Å². The van der Waals surface area contributed by atoms with E-state index in [0.29, 0.717) is 23.6 Å². The first-order chi connectivity index (χ1) is 7.14. The maximum Gasteiger partial charge on any atom is 0.153 e. The minimum atomic E-state index is -2.80. The van der Waals surface area contributed by atoms with Gasteiger partial charge in [0.15, 0.2) is 9.84 Å². The fourth-order valence-electron chi connectivity index (χ4n) is 3.26. The van der Waals surface area contributed by atoms with Gasteiger partial charge in [0.25, 0.3) is 0 Å². The van der Waals surface area contributed by atoms with E-state index in [2.05, 4.69) is 10.6 Å². The number of hydrogen-bond acceptors (Lipinski definition) is 4. The molecule has 2 N–H and O–H groups in total. The Balaban J connectivity index is 1.77. The van der Waals surface area contributed by atoms with Gasteiger partial charge in [0.05, 0.1) is 11.5 Å². The van der Waals surface area contributed by atoms with E-state index in [-0.39, 0.29) is 12.1 Å². The third-order valence-corrected chi connectivity index (χ3v) is 5.71. The van der Waals surface area contributed by atoms with E-state index in [4.69, 9.17) is 0 Å². The zero-order valence-electron chi connectivity index (χ0n) is 8.78. The normalized spacial score (nSPS) is 48.3. The molecule has 2 saturated heterocycles. The summed E-state index contributed by atoms with van der Waals surface area (Å²) >= 11 is 0. The molecular weight excluding hydrogens is 212 g/mol. The lowest BCUT2D eigenvalue weighted by Gasteiger charge is -2.43. The highest BCUT2D eigenvalue weighted by molar-refractivity contribution is 7.91. The summed E-state index contributed by atoms with van der Waals surface area (Å²) in [5.41, 5.74) is 0. The van der Waals surface area contributed by atoms with Gasteiger partial charge in [0, 0.05) is 24.2 Å². The zero-order valence-corrected chi connectivity index (χ0v) is 9.59. The molecule has 1 saturated carbocycles. The number of rotatable bonds is 0. The first-order valence-electron chi connectivity index (χ1n) is 5.87. The highest BCUT2D eigenvalue weighted by Gasteiger charge is 2.44. The smallest absolute Gasteiger partial charge is 0.153 e. The van der Waals surface area contributed by atoms with Crippen molar-refractivity contribution < 1.29 is 8.42 Å². The topological polar surface area (TPSA) is 58.2 Å². The van der Waals surface area contributed by atoms with Crippen LogP contribution < -0.4 is 10.6 Å². The van der Waals surface area contributed by atoms with Gasteiger partial charge in [-0.25, -0.2) is 8.42 Å². The van der Waals surface area contributed by atoms with Gasteiger partial charge in [-0.05, 0) is 12.8 Å². The van der Waals surface area contributed by atoms with Crippen LogP contribution in [-0.4, -0.2) is 44.1 Å². The first kappa shape index (κ1) is 10.1. The molecule has 0 amide bonds. The Labute approximate surface area is 90.7 Å². The Kier molecular flexibility index (Phi) is 2.30. The lowest BCUT2D eigenvalue weighted by molar-refractivity contribution is 0.191. The van der Waals surface area contributed by atoms with Crippen molar-refractivity contribution in [2.45, 2.75) is 49.9 Å². The highest BCUT2D eigenvalue weighted by Crippen LogP contribution is 2.26. The third-order valence-electron chi connectivity index (χ3n) is 3.97. The summed E-state index contributed by atoms with van der Waals surface area (Å²) in [5, 5.41) is 7.06. The summed E-state index contributed by atoms with van der Waals surface area (Å²) in [6, 6.07) is 1.34. The van der Waals surface area contributed by atoms with Gasteiger partial charge in [-0.1, -0.05) is 12.8 Å². The summed E-state index contributed by atoms with van der Waals surface area (Å²) in [6.45, 7) is 0. The second kappa shape index (κ2) is 3.43. The van der Waals surface area contributed by atoms with Gasteiger partial charge in [-0.2, -0.15) is 0 Å². The molecular formula is C10H18N2O2S. The summed E-state index contributed by atoms with van der Waals surface area (Å²) in [4.78, 5) is 0. The molecule has 4 atom stereocenters. The third kappa shape index (κ3) is 1.81. The van der Waals surface area contributed by atoms with Crippen molar-refractivity contribution in [3.8, 4) is 0 Å². The Bertz CT molecular complexity index is 326. The van der Waals surface area contributed by atoms with Crippen LogP contribution in [-0.2, 0) is 9.84 Å². The van der Waals surface area contributed by atoms with Crippen LogP contribution in [0.4, 0.5) is 0 Å². The van der Waals surface area contributed by atoms with Crippen molar-refractivity contribution in [1.29, 1.82) is 0 Å². The molecule has 86 valence electrons. The molecule has 0 aromatic carbocycles. The number of piperazine rings is 1. The van der Waals surface area contributed by atoms with Crippen LogP contribution in [0.2, 0.25) is 0 Å². The molecule has 3 fully saturated rings. The summed E-state index contributed by atoms with van der Waals surface area (Å²) < 4.78 is 23.0. The molecule has 3 aliphatic rings. The maximum absolute atomic E-state index is 11.5. The van der Waals surface area contributed by atoms with Crippen molar-refractivity contribution in [2.24, 2.45) is 0 Å². The molecule has 0 unspecified atom stereocenters. The minimum Gasteiger partial charge on any atom is -0.307 e. The fraction of sp³-hybridized carbons (Fsp3) is 1.00. The van der Waals surface area contributed by atoms with E-state index < -0.39 is 9.84 Å². The highest BCUT2D eigenvalue weighted by atomic mass is 32.2. The van der Waals surface area contributed by atoms with Gasteiger partial charge in [-0.3, -0.25) is 0 Å². The van der Waals surface area contributed by atoms with E-state index in [1.54, 1.807) is 0 Å². The average Bonchev–Trinajstić information content (AvgIpc) is 2.46. The first-order valence-corrected chi connectivity index (χ1v) is 7.69. The predicted molar refractivity (Wildman–Crippen MR) is 58.5 cm³/mol. The SMILES string of the molecule is O=S1(=O)C[C@@H]2N[C@H]3CCCC[C@H]3N[C@H]2C1. The van der Waals surface area contributed by atoms with Gasteiger partial charge in [0.2, 0.25) is 0 Å². The van der Waals surface area contributed by atoms with Crippen LogP contribution in [0.3, 0.4) is 0 Å². The van der Waals surface area contributed by atoms with Gasteiger partial charge in [0.1, 0.15) is 0 Å². The molecule has 4 nitrogen and oxygen atoms in total. The van der Waals surface area contributed by atoms with E-state index in [1.807, 2.05) is 0 Å². The summed E-state index contributed by atoms with van der Waals surface area (Å²) in [5.74, 6) is 0.655. The standard InChI is InChI=1S/C10H18N2O2S/c13-15(14)5-9-10(6-15)12-8-4-2-1-3-7(8)11-9/h7-12H,1-6H2/t7-,8+,9-,10-/m0/s1. The Morgan fingerprint density at radius 3 is 1.73 bits per heavy atom. The minimum absolute atomic E-state index is 0.161. The largest absolute Gasteiger partial charge is 0.307 e. The molecule has 0 aromatic rings. The van der Waals surface area contributed by atoms with Crippen LogP contribution in [0.1, 0.15) is 25.7 Å². The van der Waals surface area contributed by atoms with Crippen LogP contribution in [0.5, 0.6) is 0 Å². The van der Waals surface area contributed by atoms with Crippen LogP contribution >= 0.6 is 0 Å².